The topological polar surface area (TPSA) is 95.6 Å². The second-order valence-corrected chi connectivity index (χ2v) is 8.52. The molecule has 0 atom stereocenters. The van der Waals surface area contributed by atoms with Gasteiger partial charge >= 0.3 is 0 Å². The van der Waals surface area contributed by atoms with Crippen LogP contribution in [0.5, 0.6) is 0 Å². The molecule has 0 saturated carbocycles. The second kappa shape index (κ2) is 8.59. The summed E-state index contributed by atoms with van der Waals surface area (Å²) in [5.41, 5.74) is 0.920. The van der Waals surface area contributed by atoms with Crippen molar-refractivity contribution >= 4 is 27.5 Å². The van der Waals surface area contributed by atoms with Crippen LogP contribution >= 0.6 is 0 Å². The number of carbonyl (C=O) groups is 2. The maximum absolute atomic E-state index is 13.6. The Labute approximate surface area is 153 Å². The van der Waals surface area contributed by atoms with E-state index in [4.69, 9.17) is 0 Å². The first kappa shape index (κ1) is 20.3. The number of halogens is 1. The molecule has 2 amide bonds. The maximum Gasteiger partial charge on any atom is 0.224 e. The summed E-state index contributed by atoms with van der Waals surface area (Å²) >= 11 is 0. The van der Waals surface area contributed by atoms with E-state index in [0.29, 0.717) is 25.9 Å². The van der Waals surface area contributed by atoms with Crippen molar-refractivity contribution in [2.45, 2.75) is 38.6 Å². The number of aryl methyl sites for hydroxylation is 1. The fourth-order valence-electron chi connectivity index (χ4n) is 2.81. The molecule has 9 heteroatoms. The normalized spacial score (nSPS) is 16.3. The quantitative estimate of drug-likeness (QED) is 0.774. The van der Waals surface area contributed by atoms with Gasteiger partial charge in [-0.2, -0.15) is 0 Å². The predicted molar refractivity (Wildman–Crippen MR) is 96.6 cm³/mol. The van der Waals surface area contributed by atoms with Crippen molar-refractivity contribution in [2.75, 3.05) is 24.7 Å². The van der Waals surface area contributed by atoms with Crippen molar-refractivity contribution in [3.63, 3.8) is 0 Å². The molecule has 0 spiro atoms. The van der Waals surface area contributed by atoms with Gasteiger partial charge in [-0.1, -0.05) is 6.07 Å². The minimum Gasteiger partial charge on any atom is -0.353 e. The second-order valence-electron chi connectivity index (χ2n) is 6.54. The molecule has 1 fully saturated rings. The molecule has 0 unspecified atom stereocenters. The highest BCUT2D eigenvalue weighted by molar-refractivity contribution is 7.88. The van der Waals surface area contributed by atoms with Crippen molar-refractivity contribution < 1.29 is 22.4 Å². The monoisotopic (exact) mass is 385 g/mol. The largest absolute Gasteiger partial charge is 0.353 e. The molecule has 1 aliphatic heterocycles. The molecular weight excluding hydrogens is 361 g/mol. The number of amides is 2. The van der Waals surface area contributed by atoms with E-state index in [-0.39, 0.29) is 30.5 Å². The Morgan fingerprint density at radius 3 is 2.42 bits per heavy atom. The van der Waals surface area contributed by atoms with Gasteiger partial charge in [0.25, 0.3) is 0 Å². The third-order valence-electron chi connectivity index (χ3n) is 4.26. The molecule has 26 heavy (non-hydrogen) atoms. The summed E-state index contributed by atoms with van der Waals surface area (Å²) < 4.78 is 37.9. The number of sulfonamides is 1. The Bertz CT molecular complexity index is 774. The summed E-state index contributed by atoms with van der Waals surface area (Å²) in [5, 5.41) is 5.28. The SMILES string of the molecule is Cc1ccc(F)c(NC(=O)CCC(=O)NC2CCN(S(C)(=O)=O)CC2)c1. The number of piperidine rings is 1. The number of hydrogen-bond donors (Lipinski definition) is 2. The van der Waals surface area contributed by atoms with Crippen molar-refractivity contribution in [3.05, 3.63) is 29.6 Å². The van der Waals surface area contributed by atoms with E-state index >= 15 is 0 Å². The van der Waals surface area contributed by atoms with E-state index < -0.39 is 21.7 Å². The lowest BCUT2D eigenvalue weighted by molar-refractivity contribution is -0.125. The molecule has 7 nitrogen and oxygen atoms in total. The van der Waals surface area contributed by atoms with Gasteiger partial charge in [-0.25, -0.2) is 17.1 Å². The van der Waals surface area contributed by atoms with E-state index in [1.165, 1.54) is 22.7 Å². The smallest absolute Gasteiger partial charge is 0.224 e. The molecule has 1 aliphatic rings. The molecule has 0 aromatic heterocycles. The van der Waals surface area contributed by atoms with Gasteiger partial charge < -0.3 is 10.6 Å². The van der Waals surface area contributed by atoms with Gasteiger partial charge in [-0.05, 0) is 37.5 Å². The Kier molecular flexibility index (Phi) is 6.71. The van der Waals surface area contributed by atoms with E-state index in [9.17, 15) is 22.4 Å². The molecule has 0 aliphatic carbocycles. The number of benzene rings is 1. The molecule has 1 heterocycles. The fourth-order valence-corrected chi connectivity index (χ4v) is 3.68. The Hall–Kier alpha value is -2.00. The number of carbonyl (C=O) groups excluding carboxylic acids is 2. The number of nitrogens with zero attached hydrogens (tertiary/aromatic N) is 1. The van der Waals surface area contributed by atoms with Crippen LogP contribution in [0, 0.1) is 12.7 Å². The van der Waals surface area contributed by atoms with Gasteiger partial charge in [0.2, 0.25) is 21.8 Å². The Morgan fingerprint density at radius 2 is 1.81 bits per heavy atom. The highest BCUT2D eigenvalue weighted by Gasteiger charge is 2.25. The van der Waals surface area contributed by atoms with Crippen LogP contribution in [0.25, 0.3) is 0 Å². The molecule has 2 rings (SSSR count). The zero-order valence-corrected chi connectivity index (χ0v) is 15.7. The fraction of sp³-hybridized carbons (Fsp3) is 0.529. The first-order valence-electron chi connectivity index (χ1n) is 8.45. The van der Waals surface area contributed by atoms with Gasteiger partial charge in [0.1, 0.15) is 5.82 Å². The molecule has 144 valence electrons. The maximum atomic E-state index is 13.6. The Balaban J connectivity index is 1.73. The van der Waals surface area contributed by atoms with Gasteiger partial charge in [0.15, 0.2) is 0 Å². The van der Waals surface area contributed by atoms with Crippen LogP contribution in [0.2, 0.25) is 0 Å². The molecule has 1 aromatic rings. The van der Waals surface area contributed by atoms with E-state index in [1.807, 2.05) is 0 Å². The van der Waals surface area contributed by atoms with Crippen LogP contribution in [-0.2, 0) is 19.6 Å². The molecule has 1 aromatic carbocycles. The molecular formula is C17H24FN3O4S. The number of nitrogens with one attached hydrogen (secondary N) is 2. The number of hydrogen-bond acceptors (Lipinski definition) is 4. The lowest BCUT2D eigenvalue weighted by Gasteiger charge is -2.30. The predicted octanol–water partition coefficient (Wildman–Crippen LogP) is 1.39. The summed E-state index contributed by atoms with van der Waals surface area (Å²) in [6.45, 7) is 2.53. The van der Waals surface area contributed by atoms with Crippen molar-refractivity contribution in [1.29, 1.82) is 0 Å². The number of anilines is 1. The van der Waals surface area contributed by atoms with Gasteiger partial charge in [0, 0.05) is 32.0 Å². The van der Waals surface area contributed by atoms with Crippen molar-refractivity contribution in [2.24, 2.45) is 0 Å². The van der Waals surface area contributed by atoms with E-state index in [1.54, 1.807) is 13.0 Å². The van der Waals surface area contributed by atoms with Crippen molar-refractivity contribution in [1.82, 2.24) is 9.62 Å². The zero-order valence-electron chi connectivity index (χ0n) is 14.9. The summed E-state index contributed by atoms with van der Waals surface area (Å²) in [4.78, 5) is 23.9. The van der Waals surface area contributed by atoms with Crippen LogP contribution in [0.1, 0.15) is 31.2 Å². The van der Waals surface area contributed by atoms with Crippen molar-refractivity contribution in [3.8, 4) is 0 Å². The van der Waals surface area contributed by atoms with Crippen LogP contribution < -0.4 is 10.6 Å². The highest BCUT2D eigenvalue weighted by atomic mass is 32.2. The first-order chi connectivity index (χ1) is 12.1. The van der Waals surface area contributed by atoms with E-state index in [2.05, 4.69) is 10.6 Å². The highest BCUT2D eigenvalue weighted by Crippen LogP contribution is 2.16. The molecule has 0 bridgehead atoms. The average Bonchev–Trinajstić information content (AvgIpc) is 2.56. The average molecular weight is 385 g/mol. The third kappa shape index (κ3) is 6.06. The molecule has 0 radical (unpaired) electrons. The minimum absolute atomic E-state index is 0.00837. The molecule has 2 N–H and O–H groups in total. The lowest BCUT2D eigenvalue weighted by atomic mass is 10.1. The summed E-state index contributed by atoms with van der Waals surface area (Å²) in [7, 11) is -3.20. The zero-order chi connectivity index (χ0) is 19.3. The lowest BCUT2D eigenvalue weighted by Crippen LogP contribution is -2.46. The first-order valence-corrected chi connectivity index (χ1v) is 10.3. The van der Waals surface area contributed by atoms with E-state index in [0.717, 1.165) is 5.56 Å². The summed E-state index contributed by atoms with van der Waals surface area (Å²) in [5.74, 6) is -1.23. The standard InChI is InChI=1S/C17H24FN3O4S/c1-12-3-4-14(18)15(11-12)20-17(23)6-5-16(22)19-13-7-9-21(10-8-13)26(2,24)25/h3-4,11,13H,5-10H2,1-2H3,(H,19,22)(H,20,23). The molecule has 1 saturated heterocycles. The van der Waals surface area contributed by atoms with Gasteiger partial charge in [-0.15, -0.1) is 0 Å². The Morgan fingerprint density at radius 1 is 1.19 bits per heavy atom. The van der Waals surface area contributed by atoms with Crippen LogP contribution in [0.15, 0.2) is 18.2 Å². The summed E-state index contributed by atoms with van der Waals surface area (Å²) in [6.07, 6.45) is 2.19. The van der Waals surface area contributed by atoms with Crippen LogP contribution in [0.3, 0.4) is 0 Å². The third-order valence-corrected chi connectivity index (χ3v) is 5.57. The van der Waals surface area contributed by atoms with Crippen LogP contribution in [-0.4, -0.2) is 49.9 Å². The minimum atomic E-state index is -3.20. The summed E-state index contributed by atoms with van der Waals surface area (Å²) in [6, 6.07) is 4.31. The van der Waals surface area contributed by atoms with Crippen LogP contribution in [0.4, 0.5) is 10.1 Å². The van der Waals surface area contributed by atoms with Gasteiger partial charge in [0.05, 0.1) is 11.9 Å². The van der Waals surface area contributed by atoms with Gasteiger partial charge in [-0.3, -0.25) is 9.59 Å². The number of rotatable bonds is 6.